The number of carboxylic acids is 1. The van der Waals surface area contributed by atoms with Crippen molar-refractivity contribution >= 4 is 11.9 Å². The molecule has 1 amide bonds. The molecule has 0 radical (unpaired) electrons. The molecule has 5 heteroatoms. The Hall–Kier alpha value is -1.10. The highest BCUT2D eigenvalue weighted by Gasteiger charge is 2.39. The Labute approximate surface area is 128 Å². The van der Waals surface area contributed by atoms with Crippen molar-refractivity contribution < 1.29 is 14.7 Å². The Morgan fingerprint density at radius 2 is 1.81 bits per heavy atom. The summed E-state index contributed by atoms with van der Waals surface area (Å²) in [5, 5.41) is 9.29. The minimum Gasteiger partial charge on any atom is -0.480 e. The molecule has 0 aliphatic carbocycles. The summed E-state index contributed by atoms with van der Waals surface area (Å²) in [7, 11) is 0. The molecule has 0 bridgehead atoms. The van der Waals surface area contributed by atoms with Gasteiger partial charge in [-0.2, -0.15) is 0 Å². The van der Waals surface area contributed by atoms with Crippen LogP contribution in [0.3, 0.4) is 0 Å². The van der Waals surface area contributed by atoms with E-state index in [1.54, 1.807) is 4.90 Å². The van der Waals surface area contributed by atoms with Crippen LogP contribution < -0.4 is 0 Å². The van der Waals surface area contributed by atoms with E-state index in [0.717, 1.165) is 32.4 Å². The summed E-state index contributed by atoms with van der Waals surface area (Å²) >= 11 is 0. The molecular weight excluding hydrogens is 268 g/mol. The Kier molecular flexibility index (Phi) is 7.15. The SMILES string of the molecule is CCCN(CCC)C(C(=O)N1CCCC1C(=O)O)C(C)C. The van der Waals surface area contributed by atoms with Gasteiger partial charge >= 0.3 is 5.97 Å². The first-order valence-electron chi connectivity index (χ1n) is 8.21. The van der Waals surface area contributed by atoms with Crippen LogP contribution in [0.1, 0.15) is 53.4 Å². The fraction of sp³-hybridized carbons (Fsp3) is 0.875. The van der Waals surface area contributed by atoms with E-state index in [-0.39, 0.29) is 17.9 Å². The molecule has 0 aromatic heterocycles. The number of likely N-dealkylation sites (tertiary alicyclic amines) is 1. The van der Waals surface area contributed by atoms with Crippen molar-refractivity contribution in [1.29, 1.82) is 0 Å². The maximum atomic E-state index is 12.9. The predicted molar refractivity (Wildman–Crippen MR) is 83.2 cm³/mol. The van der Waals surface area contributed by atoms with E-state index in [1.807, 2.05) is 13.8 Å². The Morgan fingerprint density at radius 1 is 1.24 bits per heavy atom. The molecule has 0 aromatic rings. The number of amides is 1. The van der Waals surface area contributed by atoms with Gasteiger partial charge in [0, 0.05) is 6.54 Å². The maximum absolute atomic E-state index is 12.9. The molecule has 1 N–H and O–H groups in total. The zero-order valence-corrected chi connectivity index (χ0v) is 13.8. The lowest BCUT2D eigenvalue weighted by Gasteiger charge is -2.36. The van der Waals surface area contributed by atoms with E-state index in [1.165, 1.54) is 0 Å². The standard InChI is InChI=1S/C16H30N2O3/c1-5-9-17(10-6-2)14(12(3)4)15(19)18-11-7-8-13(18)16(20)21/h12-14H,5-11H2,1-4H3,(H,20,21). The third-order valence-corrected chi connectivity index (χ3v) is 4.12. The van der Waals surface area contributed by atoms with E-state index < -0.39 is 12.0 Å². The average molecular weight is 298 g/mol. The summed E-state index contributed by atoms with van der Waals surface area (Å²) in [6.45, 7) is 10.7. The number of carboxylic acid groups (broad SMARTS) is 1. The van der Waals surface area contributed by atoms with Gasteiger partial charge in [-0.3, -0.25) is 9.69 Å². The molecule has 21 heavy (non-hydrogen) atoms. The van der Waals surface area contributed by atoms with Crippen LogP contribution in [0.4, 0.5) is 0 Å². The fourth-order valence-electron chi connectivity index (χ4n) is 3.28. The summed E-state index contributed by atoms with van der Waals surface area (Å²) in [6.07, 6.45) is 3.36. The van der Waals surface area contributed by atoms with Crippen LogP contribution in [0.5, 0.6) is 0 Å². The van der Waals surface area contributed by atoms with Crippen molar-refractivity contribution in [2.75, 3.05) is 19.6 Å². The smallest absolute Gasteiger partial charge is 0.326 e. The first-order valence-corrected chi connectivity index (χ1v) is 8.21. The second-order valence-electron chi connectivity index (χ2n) is 6.25. The lowest BCUT2D eigenvalue weighted by Crippen LogP contribution is -2.54. The number of hydrogen-bond acceptors (Lipinski definition) is 3. The van der Waals surface area contributed by atoms with Crippen molar-refractivity contribution in [3.05, 3.63) is 0 Å². The zero-order valence-electron chi connectivity index (χ0n) is 13.8. The molecule has 1 saturated heterocycles. The Morgan fingerprint density at radius 3 is 2.24 bits per heavy atom. The summed E-state index contributed by atoms with van der Waals surface area (Å²) in [6, 6.07) is -0.839. The molecule has 0 aromatic carbocycles. The van der Waals surface area contributed by atoms with Crippen molar-refractivity contribution in [2.45, 2.75) is 65.5 Å². The van der Waals surface area contributed by atoms with Crippen LogP contribution in [0.2, 0.25) is 0 Å². The molecule has 122 valence electrons. The van der Waals surface area contributed by atoms with Crippen molar-refractivity contribution in [1.82, 2.24) is 9.80 Å². The van der Waals surface area contributed by atoms with Gasteiger partial charge in [-0.15, -0.1) is 0 Å². The molecule has 5 nitrogen and oxygen atoms in total. The van der Waals surface area contributed by atoms with E-state index in [2.05, 4.69) is 18.7 Å². The summed E-state index contributed by atoms with van der Waals surface area (Å²) < 4.78 is 0. The van der Waals surface area contributed by atoms with Gasteiger partial charge in [-0.1, -0.05) is 27.7 Å². The van der Waals surface area contributed by atoms with Crippen LogP contribution in [0.15, 0.2) is 0 Å². The third-order valence-electron chi connectivity index (χ3n) is 4.12. The molecule has 1 aliphatic heterocycles. The van der Waals surface area contributed by atoms with Crippen molar-refractivity contribution in [3.8, 4) is 0 Å². The van der Waals surface area contributed by atoms with E-state index in [0.29, 0.717) is 13.0 Å². The number of carbonyl (C=O) groups is 2. The van der Waals surface area contributed by atoms with E-state index in [9.17, 15) is 14.7 Å². The normalized spacial score (nSPS) is 20.3. The maximum Gasteiger partial charge on any atom is 0.326 e. The van der Waals surface area contributed by atoms with Gasteiger partial charge in [-0.25, -0.2) is 4.79 Å². The van der Waals surface area contributed by atoms with Gasteiger partial charge in [0.1, 0.15) is 6.04 Å². The van der Waals surface area contributed by atoms with Gasteiger partial charge in [0.2, 0.25) is 5.91 Å². The summed E-state index contributed by atoms with van der Waals surface area (Å²) in [4.78, 5) is 28.1. The second kappa shape index (κ2) is 8.37. The molecule has 0 spiro atoms. The highest BCUT2D eigenvalue weighted by atomic mass is 16.4. The Bertz CT molecular complexity index is 351. The van der Waals surface area contributed by atoms with Crippen LogP contribution in [0.25, 0.3) is 0 Å². The largest absolute Gasteiger partial charge is 0.480 e. The van der Waals surface area contributed by atoms with Crippen LogP contribution in [-0.2, 0) is 9.59 Å². The van der Waals surface area contributed by atoms with Crippen molar-refractivity contribution in [3.63, 3.8) is 0 Å². The van der Waals surface area contributed by atoms with Gasteiger partial charge in [0.25, 0.3) is 0 Å². The zero-order chi connectivity index (χ0) is 16.0. The lowest BCUT2D eigenvalue weighted by molar-refractivity contribution is -0.151. The van der Waals surface area contributed by atoms with Gasteiger partial charge in [0.05, 0.1) is 6.04 Å². The lowest BCUT2D eigenvalue weighted by atomic mass is 9.99. The highest BCUT2D eigenvalue weighted by molar-refractivity contribution is 5.87. The molecule has 2 atom stereocenters. The summed E-state index contributed by atoms with van der Waals surface area (Å²) in [5.74, 6) is -0.691. The van der Waals surface area contributed by atoms with E-state index >= 15 is 0 Å². The monoisotopic (exact) mass is 298 g/mol. The van der Waals surface area contributed by atoms with E-state index in [4.69, 9.17) is 0 Å². The van der Waals surface area contributed by atoms with Crippen LogP contribution in [0, 0.1) is 5.92 Å². The molecular formula is C16H30N2O3. The molecule has 1 rings (SSSR count). The van der Waals surface area contributed by atoms with Crippen LogP contribution in [-0.4, -0.2) is 58.5 Å². The molecule has 0 saturated carbocycles. The van der Waals surface area contributed by atoms with Gasteiger partial charge < -0.3 is 10.0 Å². The number of nitrogens with zero attached hydrogens (tertiary/aromatic N) is 2. The highest BCUT2D eigenvalue weighted by Crippen LogP contribution is 2.23. The van der Waals surface area contributed by atoms with Crippen molar-refractivity contribution in [2.24, 2.45) is 5.92 Å². The molecule has 2 unspecified atom stereocenters. The second-order valence-corrected chi connectivity index (χ2v) is 6.25. The quantitative estimate of drug-likeness (QED) is 0.746. The topological polar surface area (TPSA) is 60.9 Å². The summed E-state index contributed by atoms with van der Waals surface area (Å²) in [5.41, 5.74) is 0. The average Bonchev–Trinajstić information content (AvgIpc) is 2.88. The minimum atomic E-state index is -0.874. The predicted octanol–water partition coefficient (Wildman–Crippen LogP) is 2.21. The number of aliphatic carboxylic acids is 1. The number of carbonyl (C=O) groups excluding carboxylic acids is 1. The molecule has 1 fully saturated rings. The number of hydrogen-bond donors (Lipinski definition) is 1. The van der Waals surface area contributed by atoms with Gasteiger partial charge in [-0.05, 0) is 44.7 Å². The third kappa shape index (κ3) is 4.43. The fourth-order valence-corrected chi connectivity index (χ4v) is 3.28. The first-order chi connectivity index (χ1) is 9.93. The molecule has 1 heterocycles. The Balaban J connectivity index is 2.92. The number of rotatable bonds is 8. The van der Waals surface area contributed by atoms with Crippen LogP contribution >= 0.6 is 0 Å². The van der Waals surface area contributed by atoms with Gasteiger partial charge in [0.15, 0.2) is 0 Å². The first kappa shape index (κ1) is 18.0. The minimum absolute atomic E-state index is 0.00296. The molecule has 1 aliphatic rings.